The number of aryl methyl sites for hydroxylation is 1. The lowest BCUT2D eigenvalue weighted by Crippen LogP contribution is -2.27. The number of hydrogen-bond donors (Lipinski definition) is 1. The molecule has 0 aliphatic heterocycles. The monoisotopic (exact) mass is 440 g/mol. The van der Waals surface area contributed by atoms with Crippen molar-refractivity contribution in [3.8, 4) is 10.8 Å². The molecule has 0 saturated heterocycles. The topological polar surface area (TPSA) is 98.5 Å². The van der Waals surface area contributed by atoms with Crippen molar-refractivity contribution in [2.45, 2.75) is 34.1 Å². The van der Waals surface area contributed by atoms with E-state index in [1.165, 1.54) is 11.3 Å². The number of nitrogens with one attached hydrogen (secondary N) is 1. The van der Waals surface area contributed by atoms with Crippen LogP contribution in [-0.2, 0) is 20.7 Å². The van der Waals surface area contributed by atoms with E-state index in [0.29, 0.717) is 28.6 Å². The number of hydrogen-bond acceptors (Lipinski definition) is 7. The fraction of sp³-hybridized carbons (Fsp3) is 0.304. The van der Waals surface area contributed by atoms with E-state index < -0.39 is 11.4 Å². The molecule has 0 saturated carbocycles. The molecule has 3 rings (SSSR count). The van der Waals surface area contributed by atoms with Gasteiger partial charge in [-0.2, -0.15) is 0 Å². The number of amides is 1. The molecule has 0 aliphatic rings. The van der Waals surface area contributed by atoms with Gasteiger partial charge in [0, 0.05) is 16.7 Å². The van der Waals surface area contributed by atoms with Crippen molar-refractivity contribution in [1.82, 2.24) is 4.98 Å². The van der Waals surface area contributed by atoms with Crippen LogP contribution >= 0.6 is 11.3 Å². The Morgan fingerprint density at radius 1 is 1.13 bits per heavy atom. The number of nitrogens with zero attached hydrogens (tertiary/aromatic N) is 1. The molecule has 31 heavy (non-hydrogen) atoms. The van der Waals surface area contributed by atoms with Gasteiger partial charge in [0.05, 0.1) is 17.0 Å². The zero-order chi connectivity index (χ0) is 22.6. The van der Waals surface area contributed by atoms with Crippen LogP contribution in [0.15, 0.2) is 46.2 Å². The van der Waals surface area contributed by atoms with E-state index in [2.05, 4.69) is 10.3 Å². The molecule has 2 aromatic heterocycles. The van der Waals surface area contributed by atoms with Gasteiger partial charge in [0.1, 0.15) is 5.76 Å². The van der Waals surface area contributed by atoms with Crippen molar-refractivity contribution in [3.05, 3.63) is 58.8 Å². The maximum Gasteiger partial charge on any atom is 0.312 e. The molecule has 3 aromatic rings. The predicted octanol–water partition coefficient (Wildman–Crippen LogP) is 4.66. The third kappa shape index (κ3) is 5.88. The largest absolute Gasteiger partial charge is 0.457 e. The van der Waals surface area contributed by atoms with Crippen LogP contribution in [0.3, 0.4) is 0 Å². The van der Waals surface area contributed by atoms with E-state index in [0.717, 1.165) is 4.88 Å². The number of thiophene rings is 1. The van der Waals surface area contributed by atoms with E-state index in [4.69, 9.17) is 9.15 Å². The number of carbonyl (C=O) groups excluding carboxylic acids is 3. The maximum absolute atomic E-state index is 12.3. The molecule has 0 atom stereocenters. The average Bonchev–Trinajstić information content (AvgIpc) is 3.36. The lowest BCUT2D eigenvalue weighted by molar-refractivity contribution is -0.141. The van der Waals surface area contributed by atoms with Gasteiger partial charge in [-0.1, -0.05) is 26.8 Å². The highest BCUT2D eigenvalue weighted by molar-refractivity contribution is 7.13. The van der Waals surface area contributed by atoms with Gasteiger partial charge >= 0.3 is 5.97 Å². The Balaban J connectivity index is 1.52. The molecule has 1 amide bonds. The van der Waals surface area contributed by atoms with Crippen LogP contribution < -0.4 is 5.32 Å². The summed E-state index contributed by atoms with van der Waals surface area (Å²) in [6.07, 6.45) is -0.0776. The molecule has 162 valence electrons. The molecular weight excluding hydrogens is 416 g/mol. The first kappa shape index (κ1) is 22.4. The molecule has 1 aromatic carbocycles. The average molecular weight is 441 g/mol. The van der Waals surface area contributed by atoms with Gasteiger partial charge in [0.25, 0.3) is 0 Å². The van der Waals surface area contributed by atoms with Gasteiger partial charge in [0.15, 0.2) is 12.4 Å². The minimum Gasteiger partial charge on any atom is -0.457 e. The van der Waals surface area contributed by atoms with Gasteiger partial charge in [-0.05, 0) is 42.6 Å². The predicted molar refractivity (Wildman–Crippen MR) is 118 cm³/mol. The van der Waals surface area contributed by atoms with Crippen LogP contribution in [0, 0.1) is 12.3 Å². The molecule has 0 unspecified atom stereocenters. The summed E-state index contributed by atoms with van der Waals surface area (Å²) < 4.78 is 10.7. The number of rotatable bonds is 7. The number of ether oxygens (including phenoxy) is 1. The summed E-state index contributed by atoms with van der Waals surface area (Å²) in [4.78, 5) is 41.7. The summed E-state index contributed by atoms with van der Waals surface area (Å²) in [7, 11) is 0. The summed E-state index contributed by atoms with van der Waals surface area (Å²) in [5.74, 6) is -0.00906. The number of aromatic nitrogens is 1. The van der Waals surface area contributed by atoms with Gasteiger partial charge < -0.3 is 14.5 Å². The molecule has 1 N–H and O–H groups in total. The number of Topliss-reactive ketones (excluding diaryl/α,β-unsaturated/α-hetero) is 1. The number of oxazole rings is 1. The second-order valence-electron chi connectivity index (χ2n) is 8.04. The fourth-order valence-electron chi connectivity index (χ4n) is 2.57. The SMILES string of the molecule is Cc1oc(-c2cccs2)nc1CC(=O)OCC(=O)c1ccc(NC(=O)C(C)(C)C)cc1. The van der Waals surface area contributed by atoms with Crippen LogP contribution in [0.2, 0.25) is 0 Å². The summed E-state index contributed by atoms with van der Waals surface area (Å²) in [5, 5.41) is 4.71. The van der Waals surface area contributed by atoms with E-state index in [-0.39, 0.29) is 24.7 Å². The van der Waals surface area contributed by atoms with E-state index in [1.54, 1.807) is 31.2 Å². The number of carbonyl (C=O) groups is 3. The normalized spacial score (nSPS) is 11.2. The Hall–Kier alpha value is -3.26. The Labute approximate surface area is 184 Å². The third-order valence-electron chi connectivity index (χ3n) is 4.45. The minimum atomic E-state index is -0.559. The molecular formula is C23H24N2O5S. The summed E-state index contributed by atoms with van der Waals surface area (Å²) in [5.41, 5.74) is 0.950. The summed E-state index contributed by atoms with van der Waals surface area (Å²) in [6.45, 7) is 6.81. The molecule has 7 nitrogen and oxygen atoms in total. The van der Waals surface area contributed by atoms with Crippen molar-refractivity contribution < 1.29 is 23.5 Å². The first-order valence-corrected chi connectivity index (χ1v) is 10.6. The van der Waals surface area contributed by atoms with E-state index >= 15 is 0 Å². The first-order valence-electron chi connectivity index (χ1n) is 9.74. The molecule has 0 radical (unpaired) electrons. The Morgan fingerprint density at radius 3 is 2.45 bits per heavy atom. The zero-order valence-corrected chi connectivity index (χ0v) is 18.7. The standard InChI is InChI=1S/C23H24N2O5S/c1-14-17(25-21(30-14)19-6-5-11-31-19)12-20(27)29-13-18(26)15-7-9-16(10-8-15)24-22(28)23(2,3)4/h5-11H,12-13H2,1-4H3,(H,24,28). The summed E-state index contributed by atoms with van der Waals surface area (Å²) in [6, 6.07) is 10.2. The highest BCUT2D eigenvalue weighted by Gasteiger charge is 2.21. The Bertz CT molecular complexity index is 1080. The lowest BCUT2D eigenvalue weighted by atomic mass is 9.95. The number of benzene rings is 1. The molecule has 0 spiro atoms. The van der Waals surface area contributed by atoms with Gasteiger partial charge in [-0.3, -0.25) is 14.4 Å². The molecule has 0 fully saturated rings. The van der Waals surface area contributed by atoms with Crippen LogP contribution in [0.4, 0.5) is 5.69 Å². The van der Waals surface area contributed by atoms with E-state index in [9.17, 15) is 14.4 Å². The molecule has 2 heterocycles. The van der Waals surface area contributed by atoms with Gasteiger partial charge in [-0.25, -0.2) is 4.98 Å². The summed E-state index contributed by atoms with van der Waals surface area (Å²) >= 11 is 1.49. The van der Waals surface area contributed by atoms with Crippen molar-refractivity contribution in [2.24, 2.45) is 5.41 Å². The fourth-order valence-corrected chi connectivity index (χ4v) is 3.22. The maximum atomic E-state index is 12.3. The Kier molecular flexibility index (Phi) is 6.70. The number of anilines is 1. The van der Waals surface area contributed by atoms with Crippen molar-refractivity contribution in [1.29, 1.82) is 0 Å². The molecule has 0 aliphatic carbocycles. The number of esters is 1. The van der Waals surface area contributed by atoms with Crippen molar-refractivity contribution >= 4 is 34.7 Å². The highest BCUT2D eigenvalue weighted by atomic mass is 32.1. The second-order valence-corrected chi connectivity index (χ2v) is 8.99. The van der Waals surface area contributed by atoms with Crippen LogP contribution in [0.5, 0.6) is 0 Å². The van der Waals surface area contributed by atoms with Crippen molar-refractivity contribution in [3.63, 3.8) is 0 Å². The first-order chi connectivity index (χ1) is 14.6. The highest BCUT2D eigenvalue weighted by Crippen LogP contribution is 2.26. The van der Waals surface area contributed by atoms with Crippen LogP contribution in [-0.4, -0.2) is 29.3 Å². The van der Waals surface area contributed by atoms with Crippen molar-refractivity contribution in [2.75, 3.05) is 11.9 Å². The molecule has 0 bridgehead atoms. The van der Waals surface area contributed by atoms with Crippen LogP contribution in [0.25, 0.3) is 10.8 Å². The quantitative estimate of drug-likeness (QED) is 0.424. The zero-order valence-electron chi connectivity index (χ0n) is 17.9. The number of ketones is 1. The third-order valence-corrected chi connectivity index (χ3v) is 5.30. The second kappa shape index (κ2) is 9.26. The molecule has 8 heteroatoms. The minimum absolute atomic E-state index is 0.0776. The van der Waals surface area contributed by atoms with Crippen LogP contribution in [0.1, 0.15) is 42.6 Å². The van der Waals surface area contributed by atoms with Gasteiger partial charge in [-0.15, -0.1) is 11.3 Å². The lowest BCUT2D eigenvalue weighted by Gasteiger charge is -2.17. The smallest absolute Gasteiger partial charge is 0.312 e. The Morgan fingerprint density at radius 2 is 1.84 bits per heavy atom. The van der Waals surface area contributed by atoms with Gasteiger partial charge in [0.2, 0.25) is 11.8 Å². The van der Waals surface area contributed by atoms with E-state index in [1.807, 2.05) is 38.3 Å².